The van der Waals surface area contributed by atoms with Gasteiger partial charge in [-0.3, -0.25) is 0 Å². The minimum absolute atomic E-state index is 0.0103. The summed E-state index contributed by atoms with van der Waals surface area (Å²) in [7, 11) is 2.08. The number of rotatable bonds is 3. The number of hydrogen-bond donors (Lipinski definition) is 5. The van der Waals surface area contributed by atoms with Gasteiger partial charge < -0.3 is 49.1 Å². The number of phenols is 1. The molecule has 198 valence electrons. The Hall–Kier alpha value is -2.58. The molecule has 0 amide bonds. The quantitative estimate of drug-likeness (QED) is 0.260. The second-order valence-corrected chi connectivity index (χ2v) is 10.8. The number of aromatic nitrogens is 2. The summed E-state index contributed by atoms with van der Waals surface area (Å²) in [6, 6.07) is 3.67. The highest BCUT2D eigenvalue weighted by Gasteiger charge is 2.69. The van der Waals surface area contributed by atoms with Crippen molar-refractivity contribution in [2.24, 2.45) is 5.92 Å². The Kier molecular flexibility index (Phi) is 4.91. The summed E-state index contributed by atoms with van der Waals surface area (Å²) < 4.78 is 23.1. The maximum absolute atomic E-state index is 11.9. The van der Waals surface area contributed by atoms with E-state index in [9.17, 15) is 25.5 Å². The first kappa shape index (κ1) is 23.5. The number of aliphatic hydroxyl groups is 4. The van der Waals surface area contributed by atoms with Crippen molar-refractivity contribution in [2.45, 2.75) is 73.8 Å². The van der Waals surface area contributed by atoms with Crippen LogP contribution in [0.4, 0.5) is 0 Å². The lowest BCUT2D eigenvalue weighted by Crippen LogP contribution is -2.70. The molecule has 1 unspecified atom stereocenters. The third kappa shape index (κ3) is 3.03. The number of aryl methyl sites for hydroxylation is 1. The van der Waals surface area contributed by atoms with Gasteiger partial charge in [0.2, 0.25) is 17.6 Å². The first-order valence-electron chi connectivity index (χ1n) is 12.5. The fraction of sp³-hybridized carbons (Fsp3) is 0.600. The molecular formula is C25H29N3O9. The van der Waals surface area contributed by atoms with Gasteiger partial charge in [-0.25, -0.2) is 0 Å². The molecule has 4 heterocycles. The number of likely N-dealkylation sites (tertiary alicyclic amines) is 1. The molecule has 1 aromatic carbocycles. The van der Waals surface area contributed by atoms with Crippen molar-refractivity contribution in [3.8, 4) is 11.5 Å². The largest absolute Gasteiger partial charge is 0.504 e. The molecule has 5 N–H and O–H groups in total. The van der Waals surface area contributed by atoms with Crippen molar-refractivity contribution < 1.29 is 44.2 Å². The molecular weight excluding hydrogens is 486 g/mol. The van der Waals surface area contributed by atoms with Gasteiger partial charge in [0.15, 0.2) is 30.0 Å². The van der Waals surface area contributed by atoms with Crippen LogP contribution in [0, 0.1) is 12.8 Å². The second kappa shape index (κ2) is 7.73. The zero-order valence-electron chi connectivity index (χ0n) is 20.3. The van der Waals surface area contributed by atoms with Crippen molar-refractivity contribution >= 4 is 0 Å². The molecule has 2 aliphatic carbocycles. The number of benzene rings is 1. The lowest BCUT2D eigenvalue weighted by Gasteiger charge is -2.58. The third-order valence-corrected chi connectivity index (χ3v) is 8.87. The summed E-state index contributed by atoms with van der Waals surface area (Å²) in [5.74, 6) is -1.68. The maximum atomic E-state index is 11.9. The van der Waals surface area contributed by atoms with Crippen LogP contribution in [0.5, 0.6) is 11.5 Å². The number of phenolic OH excluding ortho intramolecular Hbond substituents is 1. The van der Waals surface area contributed by atoms with Crippen LogP contribution in [0.3, 0.4) is 0 Å². The van der Waals surface area contributed by atoms with Gasteiger partial charge in [-0.2, -0.15) is 0 Å². The Balaban J connectivity index is 1.25. The van der Waals surface area contributed by atoms with E-state index in [0.29, 0.717) is 12.2 Å². The summed E-state index contributed by atoms with van der Waals surface area (Å²) in [6.45, 7) is 2.31. The van der Waals surface area contributed by atoms with Gasteiger partial charge in [0.25, 0.3) is 0 Å². The van der Waals surface area contributed by atoms with Crippen LogP contribution < -0.4 is 4.74 Å². The number of nitrogens with zero attached hydrogens (tertiary/aromatic N) is 3. The molecule has 2 fully saturated rings. The highest BCUT2D eigenvalue weighted by molar-refractivity contribution is 5.62. The van der Waals surface area contributed by atoms with Crippen LogP contribution >= 0.6 is 0 Å². The number of ether oxygens (including phenoxy) is 3. The van der Waals surface area contributed by atoms with Crippen LogP contribution in [-0.4, -0.2) is 96.8 Å². The fourth-order valence-electron chi connectivity index (χ4n) is 7.19. The predicted octanol–water partition coefficient (Wildman–Crippen LogP) is -0.586. The summed E-state index contributed by atoms with van der Waals surface area (Å²) in [5.41, 5.74) is 1.25. The van der Waals surface area contributed by atoms with E-state index in [4.69, 9.17) is 18.6 Å². The maximum Gasteiger partial charge on any atom is 0.248 e. The molecule has 10 atom stereocenters. The summed E-state index contributed by atoms with van der Waals surface area (Å²) >= 11 is 0. The van der Waals surface area contributed by atoms with E-state index in [1.54, 1.807) is 13.0 Å². The molecule has 1 spiro atoms. The summed E-state index contributed by atoms with van der Waals surface area (Å²) in [4.78, 5) is 2.30. The monoisotopic (exact) mass is 515 g/mol. The summed E-state index contributed by atoms with van der Waals surface area (Å²) in [6.07, 6.45) is -3.98. The lowest BCUT2D eigenvalue weighted by molar-refractivity contribution is -0.352. The van der Waals surface area contributed by atoms with E-state index in [1.807, 2.05) is 12.1 Å². The molecule has 7 rings (SSSR count). The van der Waals surface area contributed by atoms with Gasteiger partial charge in [-0.1, -0.05) is 12.1 Å². The van der Waals surface area contributed by atoms with Crippen molar-refractivity contribution in [1.82, 2.24) is 15.1 Å². The average Bonchev–Trinajstić information content (AvgIpc) is 3.46. The topological polar surface area (TPSA) is 171 Å². The van der Waals surface area contributed by atoms with E-state index < -0.39 is 48.0 Å². The molecule has 2 bridgehead atoms. The second-order valence-electron chi connectivity index (χ2n) is 10.8. The first-order valence-corrected chi connectivity index (χ1v) is 12.5. The van der Waals surface area contributed by atoms with Crippen LogP contribution in [-0.2, 0) is 21.3 Å². The number of hydrogen-bond acceptors (Lipinski definition) is 12. The third-order valence-electron chi connectivity index (χ3n) is 8.87. The zero-order chi connectivity index (χ0) is 25.9. The molecule has 37 heavy (non-hydrogen) atoms. The van der Waals surface area contributed by atoms with E-state index >= 15 is 0 Å². The Morgan fingerprint density at radius 3 is 2.73 bits per heavy atom. The van der Waals surface area contributed by atoms with Crippen LogP contribution in [0.1, 0.15) is 35.4 Å². The molecule has 2 saturated heterocycles. The number of likely N-dealkylation sites (N-methyl/N-ethyl adjacent to an activating group) is 1. The normalized spacial score (nSPS) is 43.9. The van der Waals surface area contributed by atoms with Gasteiger partial charge in [0.1, 0.15) is 18.3 Å². The van der Waals surface area contributed by atoms with Crippen molar-refractivity contribution in [3.05, 3.63) is 47.2 Å². The Morgan fingerprint density at radius 1 is 1.16 bits per heavy atom. The zero-order valence-corrected chi connectivity index (χ0v) is 20.3. The fourth-order valence-corrected chi connectivity index (χ4v) is 7.19. The van der Waals surface area contributed by atoms with Gasteiger partial charge in [-0.15, -0.1) is 10.2 Å². The summed E-state index contributed by atoms with van der Waals surface area (Å²) in [5, 5.41) is 62.6. The highest BCUT2D eigenvalue weighted by atomic mass is 16.7. The SMILES string of the molecule is Cc1nnc(C2O[C@H](O)[C@H](O[C@]3(O)C=C[C@H]4[C@H]5Cc6ccc(O)c7c6[C@@]4(CCN5C)[C@H]3O7)[C@@H](O)[C@@H]2O)o1. The molecule has 0 saturated carbocycles. The predicted molar refractivity (Wildman–Crippen MR) is 122 cm³/mol. The number of aliphatic hydroxyl groups excluding tert-OH is 3. The van der Waals surface area contributed by atoms with Crippen LogP contribution in [0.15, 0.2) is 28.7 Å². The van der Waals surface area contributed by atoms with Crippen LogP contribution in [0.2, 0.25) is 0 Å². The molecule has 1 aromatic heterocycles. The molecule has 0 radical (unpaired) electrons. The molecule has 3 aliphatic heterocycles. The lowest BCUT2D eigenvalue weighted by atomic mass is 9.52. The number of aromatic hydroxyl groups is 1. The highest BCUT2D eigenvalue weighted by Crippen LogP contribution is 2.64. The standard InChI is InChI=1S/C25H29N3O9/c1-10-26-27-21(34-10)19-16(30)17(31)20(22(32)35-19)37-25(33)6-5-12-13-9-11-3-4-14(29)18-15(11)24(12,23(25)36-18)7-8-28(13)2/h3-6,12-13,16-17,19-20,22-23,29-33H,7-9H2,1-2H3/t12-,13+,16-,17-,19?,20+,22-,23+,24-,25+/m0/s1. The van der Waals surface area contributed by atoms with Gasteiger partial charge >= 0.3 is 0 Å². The van der Waals surface area contributed by atoms with E-state index in [0.717, 1.165) is 24.1 Å². The smallest absolute Gasteiger partial charge is 0.248 e. The average molecular weight is 516 g/mol. The molecule has 2 aromatic rings. The van der Waals surface area contributed by atoms with Crippen molar-refractivity contribution in [1.29, 1.82) is 0 Å². The van der Waals surface area contributed by atoms with E-state index in [1.165, 1.54) is 6.08 Å². The molecule has 12 nitrogen and oxygen atoms in total. The first-order chi connectivity index (χ1) is 17.6. The van der Waals surface area contributed by atoms with E-state index in [-0.39, 0.29) is 29.5 Å². The van der Waals surface area contributed by atoms with Crippen LogP contribution in [0.25, 0.3) is 0 Å². The van der Waals surface area contributed by atoms with Crippen molar-refractivity contribution in [2.75, 3.05) is 13.6 Å². The van der Waals surface area contributed by atoms with Crippen molar-refractivity contribution in [3.63, 3.8) is 0 Å². The Bertz CT molecular complexity index is 1280. The minimum Gasteiger partial charge on any atom is -0.504 e. The van der Waals surface area contributed by atoms with Gasteiger partial charge in [-0.05, 0) is 44.1 Å². The van der Waals surface area contributed by atoms with E-state index in [2.05, 4.69) is 22.1 Å². The Labute approximate surface area is 211 Å². The molecule has 12 heteroatoms. The van der Waals surface area contributed by atoms with Gasteiger partial charge in [0, 0.05) is 24.4 Å². The number of piperidine rings is 1. The minimum atomic E-state index is -2.11. The van der Waals surface area contributed by atoms with Gasteiger partial charge in [0.05, 0.1) is 5.41 Å². The Morgan fingerprint density at radius 2 is 1.97 bits per heavy atom. The molecule has 5 aliphatic rings.